The molecule has 0 aromatic carbocycles. The van der Waals surface area contributed by atoms with Crippen LogP contribution >= 0.6 is 11.8 Å². The Hall–Kier alpha value is 0.350. The maximum atomic E-state index is 2.34. The molecule has 0 saturated heterocycles. The topological polar surface area (TPSA) is 0 Å². The van der Waals surface area contributed by atoms with Gasteiger partial charge < -0.3 is 0 Å². The number of rotatable bonds is 3. The Labute approximate surface area is 69.8 Å². The predicted octanol–water partition coefficient (Wildman–Crippen LogP) is 3.42. The van der Waals surface area contributed by atoms with Crippen molar-refractivity contribution in [2.75, 3.05) is 12.0 Å². The van der Waals surface area contributed by atoms with Crippen LogP contribution in [0.4, 0.5) is 0 Å². The molecule has 1 atom stereocenters. The minimum atomic E-state index is 0.509. The molecule has 10 heavy (non-hydrogen) atoms. The van der Waals surface area contributed by atoms with E-state index in [-0.39, 0.29) is 0 Å². The number of thioether (sulfide) groups is 1. The van der Waals surface area contributed by atoms with E-state index >= 15 is 0 Å². The fraction of sp³-hybridized carbons (Fsp3) is 1.00. The van der Waals surface area contributed by atoms with Crippen LogP contribution < -0.4 is 0 Å². The fourth-order valence-electron chi connectivity index (χ4n) is 1.39. The molecule has 0 nitrogen and oxygen atoms in total. The van der Waals surface area contributed by atoms with Gasteiger partial charge in [0.2, 0.25) is 0 Å². The summed E-state index contributed by atoms with van der Waals surface area (Å²) >= 11 is 1.95. The lowest BCUT2D eigenvalue weighted by molar-refractivity contribution is 0.323. The Balaban J connectivity index is 3.47. The van der Waals surface area contributed by atoms with Crippen LogP contribution in [0.1, 0.15) is 34.1 Å². The quantitative estimate of drug-likeness (QED) is 0.609. The van der Waals surface area contributed by atoms with Gasteiger partial charge in [-0.15, -0.1) is 0 Å². The van der Waals surface area contributed by atoms with E-state index in [1.807, 2.05) is 11.8 Å². The van der Waals surface area contributed by atoms with Crippen LogP contribution in [0.3, 0.4) is 0 Å². The average molecular weight is 160 g/mol. The lowest BCUT2D eigenvalue weighted by Crippen LogP contribution is -2.12. The Morgan fingerprint density at radius 3 is 2.10 bits per heavy atom. The monoisotopic (exact) mass is 160 g/mol. The van der Waals surface area contributed by atoms with E-state index in [9.17, 15) is 0 Å². The van der Waals surface area contributed by atoms with Crippen molar-refractivity contribution >= 4 is 11.8 Å². The van der Waals surface area contributed by atoms with E-state index < -0.39 is 0 Å². The van der Waals surface area contributed by atoms with Gasteiger partial charge in [-0.25, -0.2) is 0 Å². The van der Waals surface area contributed by atoms with Crippen LogP contribution in [0.2, 0.25) is 0 Å². The highest BCUT2D eigenvalue weighted by atomic mass is 32.2. The molecule has 0 N–H and O–H groups in total. The molecule has 0 fully saturated rings. The van der Waals surface area contributed by atoms with Crippen LogP contribution in [0, 0.1) is 11.3 Å². The van der Waals surface area contributed by atoms with Crippen molar-refractivity contribution in [1.82, 2.24) is 0 Å². The molecule has 0 bridgehead atoms. The van der Waals surface area contributed by atoms with E-state index in [1.54, 1.807) is 0 Å². The lowest BCUT2D eigenvalue weighted by atomic mass is 9.86. The molecule has 0 aliphatic heterocycles. The van der Waals surface area contributed by atoms with Crippen LogP contribution in [0.15, 0.2) is 0 Å². The highest BCUT2D eigenvalue weighted by Crippen LogP contribution is 2.25. The Morgan fingerprint density at radius 2 is 1.80 bits per heavy atom. The Bertz CT molecular complexity index is 81.2. The first-order valence-corrected chi connectivity index (χ1v) is 5.34. The third-order valence-corrected chi connectivity index (χ3v) is 2.31. The molecule has 0 saturated carbocycles. The predicted molar refractivity (Wildman–Crippen MR) is 51.6 cm³/mol. The minimum Gasteiger partial charge on any atom is -0.165 e. The van der Waals surface area contributed by atoms with Gasteiger partial charge in [0.05, 0.1) is 0 Å². The van der Waals surface area contributed by atoms with Crippen molar-refractivity contribution in [3.8, 4) is 0 Å². The zero-order chi connectivity index (χ0) is 8.20. The van der Waals surface area contributed by atoms with E-state index in [2.05, 4.69) is 34.0 Å². The van der Waals surface area contributed by atoms with E-state index in [0.29, 0.717) is 5.41 Å². The summed E-state index contributed by atoms with van der Waals surface area (Å²) in [6.45, 7) is 9.26. The van der Waals surface area contributed by atoms with E-state index in [1.165, 1.54) is 12.2 Å². The molecular formula is C9H20S. The van der Waals surface area contributed by atoms with E-state index in [4.69, 9.17) is 0 Å². The van der Waals surface area contributed by atoms with Crippen LogP contribution in [0.25, 0.3) is 0 Å². The van der Waals surface area contributed by atoms with Gasteiger partial charge in [-0.1, -0.05) is 27.7 Å². The third-order valence-electron chi connectivity index (χ3n) is 1.41. The molecule has 0 radical (unpaired) electrons. The molecule has 0 aromatic rings. The average Bonchev–Trinajstić information content (AvgIpc) is 1.59. The van der Waals surface area contributed by atoms with Crippen LogP contribution in [0.5, 0.6) is 0 Å². The van der Waals surface area contributed by atoms with Gasteiger partial charge in [0.15, 0.2) is 0 Å². The number of hydrogen-bond acceptors (Lipinski definition) is 1. The van der Waals surface area contributed by atoms with Gasteiger partial charge in [-0.3, -0.25) is 0 Å². The summed E-state index contributed by atoms with van der Waals surface area (Å²) in [5.41, 5.74) is 0.509. The molecule has 1 heteroatoms. The second kappa shape index (κ2) is 4.27. The lowest BCUT2D eigenvalue weighted by Gasteiger charge is -2.22. The zero-order valence-corrected chi connectivity index (χ0v) is 8.72. The zero-order valence-electron chi connectivity index (χ0n) is 7.90. The summed E-state index contributed by atoms with van der Waals surface area (Å²) in [4.78, 5) is 0. The fourth-order valence-corrected chi connectivity index (χ4v) is 2.08. The van der Waals surface area contributed by atoms with Crippen molar-refractivity contribution in [1.29, 1.82) is 0 Å². The summed E-state index contributed by atoms with van der Waals surface area (Å²) in [5.74, 6) is 2.17. The molecule has 0 spiro atoms. The summed E-state index contributed by atoms with van der Waals surface area (Å²) in [7, 11) is 0. The first-order chi connectivity index (χ1) is 4.45. The summed E-state index contributed by atoms with van der Waals surface area (Å²) in [6, 6.07) is 0. The van der Waals surface area contributed by atoms with Crippen molar-refractivity contribution in [3.63, 3.8) is 0 Å². The minimum absolute atomic E-state index is 0.509. The highest BCUT2D eigenvalue weighted by molar-refractivity contribution is 7.98. The third kappa shape index (κ3) is 6.47. The molecule has 0 amide bonds. The Morgan fingerprint density at radius 1 is 1.30 bits per heavy atom. The molecule has 62 valence electrons. The molecule has 0 heterocycles. The summed E-state index contributed by atoms with van der Waals surface area (Å²) < 4.78 is 0. The summed E-state index contributed by atoms with van der Waals surface area (Å²) in [5, 5.41) is 0. The van der Waals surface area contributed by atoms with Gasteiger partial charge in [0, 0.05) is 0 Å². The van der Waals surface area contributed by atoms with Crippen molar-refractivity contribution < 1.29 is 0 Å². The van der Waals surface area contributed by atoms with Gasteiger partial charge in [0.1, 0.15) is 0 Å². The maximum absolute atomic E-state index is 2.34. The normalized spacial score (nSPS) is 15.3. The van der Waals surface area contributed by atoms with Crippen LogP contribution in [-0.2, 0) is 0 Å². The first-order valence-electron chi connectivity index (χ1n) is 3.94. The second-order valence-corrected chi connectivity index (χ2v) is 5.24. The largest absolute Gasteiger partial charge is 0.165 e. The van der Waals surface area contributed by atoms with Gasteiger partial charge in [-0.05, 0) is 29.8 Å². The number of hydrogen-bond donors (Lipinski definition) is 0. The van der Waals surface area contributed by atoms with E-state index in [0.717, 1.165) is 5.92 Å². The SMILES string of the molecule is CSC[C@@H](C)CC(C)(C)C. The molecule has 0 aliphatic carbocycles. The molecule has 0 aromatic heterocycles. The van der Waals surface area contributed by atoms with Gasteiger partial charge in [0.25, 0.3) is 0 Å². The maximum Gasteiger partial charge on any atom is -0.00443 e. The molecule has 0 rings (SSSR count). The van der Waals surface area contributed by atoms with Crippen molar-refractivity contribution in [2.45, 2.75) is 34.1 Å². The van der Waals surface area contributed by atoms with Crippen LogP contribution in [-0.4, -0.2) is 12.0 Å². The van der Waals surface area contributed by atoms with Crippen molar-refractivity contribution in [3.05, 3.63) is 0 Å². The highest BCUT2D eigenvalue weighted by Gasteiger charge is 2.14. The van der Waals surface area contributed by atoms with Gasteiger partial charge in [-0.2, -0.15) is 11.8 Å². The molecular weight excluding hydrogens is 140 g/mol. The first kappa shape index (κ1) is 10.3. The molecule has 0 unspecified atom stereocenters. The summed E-state index contributed by atoms with van der Waals surface area (Å²) in [6.07, 6.45) is 3.52. The van der Waals surface area contributed by atoms with Crippen molar-refractivity contribution in [2.24, 2.45) is 11.3 Å². The molecule has 0 aliphatic rings. The Kier molecular flexibility index (Phi) is 4.42. The standard InChI is InChI=1S/C9H20S/c1-8(7-10-5)6-9(2,3)4/h8H,6-7H2,1-5H3/t8-/m0/s1. The second-order valence-electron chi connectivity index (χ2n) is 4.33. The van der Waals surface area contributed by atoms with Gasteiger partial charge >= 0.3 is 0 Å². The smallest absolute Gasteiger partial charge is 0.00443 e.